The van der Waals surface area contributed by atoms with Crippen LogP contribution in [0.4, 0.5) is 0 Å². The third-order valence-corrected chi connectivity index (χ3v) is 2.83. The lowest BCUT2D eigenvalue weighted by Gasteiger charge is -2.23. The molecule has 1 saturated heterocycles. The minimum Gasteiger partial charge on any atom is -0.390 e. The number of aliphatic hydroxyl groups excluding tert-OH is 1. The summed E-state index contributed by atoms with van der Waals surface area (Å²) in [4.78, 5) is 0. The fourth-order valence-electron chi connectivity index (χ4n) is 2.21. The molecule has 0 aromatic carbocycles. The predicted molar refractivity (Wildman–Crippen MR) is 53.7 cm³/mol. The Labute approximate surface area is 85.7 Å². The first-order valence-electron chi connectivity index (χ1n) is 5.34. The maximum Gasteiger partial charge on any atom is 0.0852 e. The summed E-state index contributed by atoms with van der Waals surface area (Å²) in [5, 5.41) is 18.2. The van der Waals surface area contributed by atoms with Crippen molar-refractivity contribution < 1.29 is 9.84 Å². The van der Waals surface area contributed by atoms with Crippen molar-refractivity contribution in [2.24, 2.45) is 0 Å². The number of hydrogen-bond donors (Lipinski definition) is 1. The second-order valence-corrected chi connectivity index (χ2v) is 4.32. The molecule has 1 rings (SSSR count). The first kappa shape index (κ1) is 11.5. The standard InChI is InChI=1S/C11H19NO2/c1-3-6-11(2)8-9(13)10(14-11)5-4-7-12/h9-10,13H,3-6,8H2,1-2H3/t9-,10+,11-/m1/s1. The molecule has 0 aromatic heterocycles. The molecule has 0 aromatic rings. The summed E-state index contributed by atoms with van der Waals surface area (Å²) in [5.41, 5.74) is -0.172. The molecule has 80 valence electrons. The Balaban J connectivity index is 2.46. The van der Waals surface area contributed by atoms with Crippen molar-refractivity contribution in [2.75, 3.05) is 0 Å². The minimum atomic E-state index is -0.389. The molecule has 0 aliphatic carbocycles. The van der Waals surface area contributed by atoms with Crippen LogP contribution in [0, 0.1) is 11.3 Å². The largest absolute Gasteiger partial charge is 0.390 e. The highest BCUT2D eigenvalue weighted by Gasteiger charge is 2.41. The zero-order valence-corrected chi connectivity index (χ0v) is 8.99. The molecule has 1 N–H and O–H groups in total. The van der Waals surface area contributed by atoms with Crippen molar-refractivity contribution in [2.45, 2.75) is 63.8 Å². The Morgan fingerprint density at radius 3 is 2.93 bits per heavy atom. The van der Waals surface area contributed by atoms with E-state index in [0.717, 1.165) is 12.8 Å². The Hall–Kier alpha value is -0.590. The first-order valence-corrected chi connectivity index (χ1v) is 5.34. The van der Waals surface area contributed by atoms with E-state index in [4.69, 9.17) is 10.00 Å². The summed E-state index contributed by atoms with van der Waals surface area (Å²) in [6.45, 7) is 4.16. The quantitative estimate of drug-likeness (QED) is 0.750. The summed E-state index contributed by atoms with van der Waals surface area (Å²) in [5.74, 6) is 0. The summed E-state index contributed by atoms with van der Waals surface area (Å²) in [6.07, 6.45) is 3.34. The highest BCUT2D eigenvalue weighted by atomic mass is 16.5. The van der Waals surface area contributed by atoms with E-state index < -0.39 is 0 Å². The molecular formula is C11H19NO2. The zero-order chi connectivity index (χ0) is 10.6. The lowest BCUT2D eigenvalue weighted by atomic mass is 9.95. The molecule has 0 spiro atoms. The molecule has 3 nitrogen and oxygen atoms in total. The van der Waals surface area contributed by atoms with Gasteiger partial charge in [0.05, 0.1) is 23.9 Å². The lowest BCUT2D eigenvalue weighted by Crippen LogP contribution is -2.24. The van der Waals surface area contributed by atoms with Gasteiger partial charge in [-0.15, -0.1) is 0 Å². The summed E-state index contributed by atoms with van der Waals surface area (Å²) < 4.78 is 5.80. The summed E-state index contributed by atoms with van der Waals surface area (Å²) in [6, 6.07) is 2.08. The maximum atomic E-state index is 9.74. The SMILES string of the molecule is CCC[C@]1(C)C[C@@H](O)[C@H](CCC#N)O1. The fraction of sp³-hybridized carbons (Fsp3) is 0.909. The monoisotopic (exact) mass is 197 g/mol. The molecule has 3 atom stereocenters. The average molecular weight is 197 g/mol. The van der Waals surface area contributed by atoms with Gasteiger partial charge >= 0.3 is 0 Å². The van der Waals surface area contributed by atoms with E-state index in [2.05, 4.69) is 13.0 Å². The van der Waals surface area contributed by atoms with E-state index in [0.29, 0.717) is 19.3 Å². The van der Waals surface area contributed by atoms with Gasteiger partial charge in [-0.25, -0.2) is 0 Å². The van der Waals surface area contributed by atoms with Crippen LogP contribution in [0.5, 0.6) is 0 Å². The van der Waals surface area contributed by atoms with Crippen molar-refractivity contribution in [3.8, 4) is 6.07 Å². The maximum absolute atomic E-state index is 9.74. The Kier molecular flexibility index (Phi) is 3.91. The molecule has 0 saturated carbocycles. The minimum absolute atomic E-state index is 0.133. The lowest BCUT2D eigenvalue weighted by molar-refractivity contribution is -0.0488. The summed E-state index contributed by atoms with van der Waals surface area (Å²) >= 11 is 0. The number of aliphatic hydroxyl groups is 1. The van der Waals surface area contributed by atoms with Crippen LogP contribution in [0.15, 0.2) is 0 Å². The number of nitriles is 1. The van der Waals surface area contributed by atoms with Crippen molar-refractivity contribution >= 4 is 0 Å². The third kappa shape index (κ3) is 2.70. The van der Waals surface area contributed by atoms with Gasteiger partial charge in [-0.2, -0.15) is 5.26 Å². The van der Waals surface area contributed by atoms with Gasteiger partial charge in [0.15, 0.2) is 0 Å². The second-order valence-electron chi connectivity index (χ2n) is 4.32. The first-order chi connectivity index (χ1) is 6.61. The molecular weight excluding hydrogens is 178 g/mol. The molecule has 0 bridgehead atoms. The Morgan fingerprint density at radius 2 is 2.36 bits per heavy atom. The van der Waals surface area contributed by atoms with E-state index in [1.807, 2.05) is 6.92 Å². The van der Waals surface area contributed by atoms with E-state index in [9.17, 15) is 5.11 Å². The molecule has 0 radical (unpaired) electrons. The zero-order valence-electron chi connectivity index (χ0n) is 8.99. The van der Waals surface area contributed by atoms with Crippen LogP contribution < -0.4 is 0 Å². The van der Waals surface area contributed by atoms with Gasteiger partial charge in [-0.1, -0.05) is 13.3 Å². The van der Waals surface area contributed by atoms with Crippen molar-refractivity contribution in [1.29, 1.82) is 5.26 Å². The summed E-state index contributed by atoms with van der Waals surface area (Å²) in [7, 11) is 0. The highest BCUT2D eigenvalue weighted by molar-refractivity contribution is 4.92. The third-order valence-electron chi connectivity index (χ3n) is 2.83. The average Bonchev–Trinajstić information content (AvgIpc) is 2.38. The van der Waals surface area contributed by atoms with Gasteiger partial charge in [-0.3, -0.25) is 0 Å². The topological polar surface area (TPSA) is 53.2 Å². The molecule has 1 fully saturated rings. The highest BCUT2D eigenvalue weighted by Crippen LogP contribution is 2.35. The van der Waals surface area contributed by atoms with Crippen molar-refractivity contribution in [3.63, 3.8) is 0 Å². The van der Waals surface area contributed by atoms with Gasteiger partial charge < -0.3 is 9.84 Å². The molecule has 0 unspecified atom stereocenters. The van der Waals surface area contributed by atoms with Gasteiger partial charge in [0.25, 0.3) is 0 Å². The number of ether oxygens (including phenoxy) is 1. The smallest absolute Gasteiger partial charge is 0.0852 e. The van der Waals surface area contributed by atoms with Crippen LogP contribution in [0.2, 0.25) is 0 Å². The number of hydrogen-bond acceptors (Lipinski definition) is 3. The van der Waals surface area contributed by atoms with Crippen LogP contribution in [0.25, 0.3) is 0 Å². The number of nitrogens with zero attached hydrogens (tertiary/aromatic N) is 1. The second kappa shape index (κ2) is 4.77. The normalized spacial score (nSPS) is 37.0. The number of rotatable bonds is 4. The molecule has 0 amide bonds. The molecule has 1 heterocycles. The molecule has 14 heavy (non-hydrogen) atoms. The molecule has 1 aliphatic heterocycles. The molecule has 1 aliphatic rings. The van der Waals surface area contributed by atoms with Gasteiger partial charge in [0.1, 0.15) is 0 Å². The van der Waals surface area contributed by atoms with Gasteiger partial charge in [0.2, 0.25) is 0 Å². The molecule has 3 heteroatoms. The van der Waals surface area contributed by atoms with Crippen LogP contribution in [-0.4, -0.2) is 22.9 Å². The Morgan fingerprint density at radius 1 is 1.64 bits per heavy atom. The Bertz CT molecular complexity index is 224. The fourth-order valence-corrected chi connectivity index (χ4v) is 2.21. The van der Waals surface area contributed by atoms with E-state index in [1.165, 1.54) is 0 Å². The van der Waals surface area contributed by atoms with E-state index in [-0.39, 0.29) is 17.8 Å². The van der Waals surface area contributed by atoms with Crippen LogP contribution in [0.1, 0.15) is 46.0 Å². The van der Waals surface area contributed by atoms with Crippen molar-refractivity contribution in [3.05, 3.63) is 0 Å². The predicted octanol–water partition coefficient (Wildman–Crippen LogP) is 2.00. The van der Waals surface area contributed by atoms with E-state index >= 15 is 0 Å². The van der Waals surface area contributed by atoms with Crippen molar-refractivity contribution in [1.82, 2.24) is 0 Å². The van der Waals surface area contributed by atoms with Gasteiger partial charge in [-0.05, 0) is 19.8 Å². The van der Waals surface area contributed by atoms with Crippen LogP contribution in [0.3, 0.4) is 0 Å². The van der Waals surface area contributed by atoms with Gasteiger partial charge in [0, 0.05) is 12.8 Å². The van der Waals surface area contributed by atoms with Crippen LogP contribution >= 0.6 is 0 Å². The van der Waals surface area contributed by atoms with Crippen LogP contribution in [-0.2, 0) is 4.74 Å². The van der Waals surface area contributed by atoms with E-state index in [1.54, 1.807) is 0 Å².